The van der Waals surface area contributed by atoms with Gasteiger partial charge in [-0.05, 0) is 40.9 Å². The third kappa shape index (κ3) is 2.21. The second-order valence-corrected chi connectivity index (χ2v) is 6.47. The Morgan fingerprint density at radius 2 is 1.85 bits per heavy atom. The summed E-state index contributed by atoms with van der Waals surface area (Å²) in [6, 6.07) is 4.16. The summed E-state index contributed by atoms with van der Waals surface area (Å²) < 4.78 is 26.9. The van der Waals surface area contributed by atoms with Crippen molar-refractivity contribution in [3.63, 3.8) is 0 Å². The maximum Gasteiger partial charge on any atom is 0.143 e. The molecule has 3 nitrogen and oxygen atoms in total. The number of nitrogens with one attached hydrogen (secondary N) is 1. The molecule has 0 aromatic heterocycles. The smallest absolute Gasteiger partial charge is 0.143 e. The SMILES string of the molecule is COc1ccc(C2(F)CC3CCC(C2)N3)c(OC)c1Br. The highest BCUT2D eigenvalue weighted by atomic mass is 79.9. The third-order valence-corrected chi connectivity index (χ3v) is 5.19. The van der Waals surface area contributed by atoms with Gasteiger partial charge in [0.2, 0.25) is 0 Å². The molecule has 2 atom stereocenters. The van der Waals surface area contributed by atoms with Crippen LogP contribution in [-0.2, 0) is 5.67 Å². The molecule has 1 aromatic rings. The molecule has 0 radical (unpaired) electrons. The van der Waals surface area contributed by atoms with Crippen LogP contribution in [0.5, 0.6) is 11.5 Å². The minimum Gasteiger partial charge on any atom is -0.495 e. The van der Waals surface area contributed by atoms with Gasteiger partial charge in [0.05, 0.1) is 14.2 Å². The van der Waals surface area contributed by atoms with Crippen molar-refractivity contribution in [1.29, 1.82) is 0 Å². The van der Waals surface area contributed by atoms with Gasteiger partial charge in [0, 0.05) is 30.5 Å². The van der Waals surface area contributed by atoms with Crippen molar-refractivity contribution in [2.75, 3.05) is 14.2 Å². The summed E-state index contributed by atoms with van der Waals surface area (Å²) >= 11 is 3.46. The zero-order chi connectivity index (χ0) is 14.3. The summed E-state index contributed by atoms with van der Waals surface area (Å²) in [6.07, 6.45) is 3.16. The number of rotatable bonds is 3. The van der Waals surface area contributed by atoms with Crippen LogP contribution >= 0.6 is 15.9 Å². The number of ether oxygens (including phenoxy) is 2. The zero-order valence-corrected chi connectivity index (χ0v) is 13.3. The molecule has 110 valence electrons. The predicted molar refractivity (Wildman–Crippen MR) is 79.2 cm³/mol. The Labute approximate surface area is 127 Å². The van der Waals surface area contributed by atoms with E-state index in [1.807, 2.05) is 0 Å². The molecule has 0 amide bonds. The van der Waals surface area contributed by atoms with E-state index < -0.39 is 5.67 Å². The summed E-state index contributed by atoms with van der Waals surface area (Å²) in [5.74, 6) is 1.21. The van der Waals surface area contributed by atoms with Crippen molar-refractivity contribution in [2.45, 2.75) is 43.4 Å². The number of hydrogen-bond acceptors (Lipinski definition) is 3. The lowest BCUT2D eigenvalue weighted by molar-refractivity contribution is 0.0841. The highest BCUT2D eigenvalue weighted by molar-refractivity contribution is 9.10. The Bertz CT molecular complexity index is 511. The molecule has 3 rings (SSSR count). The zero-order valence-electron chi connectivity index (χ0n) is 11.7. The first-order valence-electron chi connectivity index (χ1n) is 6.93. The number of hydrogen-bond donors (Lipinski definition) is 1. The molecule has 0 aliphatic carbocycles. The number of benzene rings is 1. The molecule has 1 aromatic carbocycles. The average Bonchev–Trinajstić information content (AvgIpc) is 2.78. The molecule has 2 unspecified atom stereocenters. The van der Waals surface area contributed by atoms with Gasteiger partial charge in [0.1, 0.15) is 21.6 Å². The largest absolute Gasteiger partial charge is 0.495 e. The Morgan fingerprint density at radius 3 is 2.40 bits per heavy atom. The average molecular weight is 344 g/mol. The fourth-order valence-corrected chi connectivity index (χ4v) is 4.23. The van der Waals surface area contributed by atoms with Crippen LogP contribution in [0.15, 0.2) is 16.6 Å². The van der Waals surface area contributed by atoms with E-state index in [2.05, 4.69) is 21.2 Å². The van der Waals surface area contributed by atoms with Gasteiger partial charge in [-0.25, -0.2) is 4.39 Å². The molecule has 5 heteroatoms. The molecular formula is C15H19BrFNO2. The summed E-state index contributed by atoms with van der Waals surface area (Å²) in [5.41, 5.74) is -0.692. The number of fused-ring (bicyclic) bond motifs is 2. The first-order chi connectivity index (χ1) is 9.57. The summed E-state index contributed by atoms with van der Waals surface area (Å²) in [6.45, 7) is 0. The van der Waals surface area contributed by atoms with E-state index in [4.69, 9.17) is 9.47 Å². The van der Waals surface area contributed by atoms with Crippen molar-refractivity contribution in [3.05, 3.63) is 22.2 Å². The van der Waals surface area contributed by atoms with E-state index >= 15 is 4.39 Å². The second kappa shape index (κ2) is 5.19. The Balaban J connectivity index is 2.03. The molecule has 2 fully saturated rings. The summed E-state index contributed by atoms with van der Waals surface area (Å²) in [5, 5.41) is 3.47. The lowest BCUT2D eigenvalue weighted by Crippen LogP contribution is -2.44. The van der Waals surface area contributed by atoms with E-state index in [0.29, 0.717) is 34.4 Å². The standard InChI is InChI=1S/C15H19BrFNO2/c1-19-12-6-5-11(14(20-2)13(12)16)15(17)7-9-3-4-10(8-15)18-9/h5-6,9-10,18H,3-4,7-8H2,1-2H3. The number of methoxy groups -OCH3 is 2. The lowest BCUT2D eigenvalue weighted by Gasteiger charge is -2.36. The molecule has 0 spiro atoms. The quantitative estimate of drug-likeness (QED) is 0.910. The van der Waals surface area contributed by atoms with Gasteiger partial charge >= 0.3 is 0 Å². The normalized spacial score (nSPS) is 32.2. The minimum atomic E-state index is -1.32. The van der Waals surface area contributed by atoms with Gasteiger partial charge in [-0.2, -0.15) is 0 Å². The molecule has 1 N–H and O–H groups in total. The van der Waals surface area contributed by atoms with E-state index in [1.165, 1.54) is 0 Å². The van der Waals surface area contributed by atoms with Crippen LogP contribution in [0.3, 0.4) is 0 Å². The number of piperidine rings is 1. The van der Waals surface area contributed by atoms with Crippen LogP contribution in [0.1, 0.15) is 31.2 Å². The van der Waals surface area contributed by atoms with Crippen molar-refractivity contribution in [3.8, 4) is 11.5 Å². The molecule has 2 aliphatic rings. The van der Waals surface area contributed by atoms with Crippen LogP contribution in [0, 0.1) is 0 Å². The van der Waals surface area contributed by atoms with Gasteiger partial charge in [-0.1, -0.05) is 0 Å². The summed E-state index contributed by atoms with van der Waals surface area (Å²) in [4.78, 5) is 0. The van der Waals surface area contributed by atoms with Crippen LogP contribution in [0.2, 0.25) is 0 Å². The maximum absolute atomic E-state index is 15.5. The topological polar surface area (TPSA) is 30.5 Å². The van der Waals surface area contributed by atoms with E-state index in [9.17, 15) is 0 Å². The van der Waals surface area contributed by atoms with Gasteiger partial charge in [-0.15, -0.1) is 0 Å². The summed E-state index contributed by atoms with van der Waals surface area (Å²) in [7, 11) is 3.16. The van der Waals surface area contributed by atoms with E-state index in [-0.39, 0.29) is 12.1 Å². The third-order valence-electron chi connectivity index (χ3n) is 4.44. The van der Waals surface area contributed by atoms with Crippen LogP contribution in [0.25, 0.3) is 0 Å². The second-order valence-electron chi connectivity index (χ2n) is 5.67. The minimum absolute atomic E-state index is 0.282. The first-order valence-corrected chi connectivity index (χ1v) is 7.72. The lowest BCUT2D eigenvalue weighted by atomic mass is 9.82. The molecular weight excluding hydrogens is 325 g/mol. The number of halogens is 2. The van der Waals surface area contributed by atoms with Crippen molar-refractivity contribution >= 4 is 15.9 Å². The molecule has 0 saturated carbocycles. The van der Waals surface area contributed by atoms with Gasteiger partial charge in [-0.3, -0.25) is 0 Å². The first kappa shape index (κ1) is 14.1. The van der Waals surface area contributed by atoms with Gasteiger partial charge < -0.3 is 14.8 Å². The molecule has 2 bridgehead atoms. The maximum atomic E-state index is 15.5. The predicted octanol–water partition coefficient (Wildman–Crippen LogP) is 3.55. The van der Waals surface area contributed by atoms with Crippen molar-refractivity contribution in [1.82, 2.24) is 5.32 Å². The fourth-order valence-electron chi connectivity index (χ4n) is 3.56. The molecule has 2 saturated heterocycles. The molecule has 20 heavy (non-hydrogen) atoms. The van der Waals surface area contributed by atoms with Gasteiger partial charge in [0.15, 0.2) is 0 Å². The van der Waals surface area contributed by atoms with Crippen LogP contribution in [0.4, 0.5) is 4.39 Å². The van der Waals surface area contributed by atoms with Crippen LogP contribution < -0.4 is 14.8 Å². The van der Waals surface area contributed by atoms with Crippen molar-refractivity contribution < 1.29 is 13.9 Å². The van der Waals surface area contributed by atoms with Crippen molar-refractivity contribution in [2.24, 2.45) is 0 Å². The monoisotopic (exact) mass is 343 g/mol. The van der Waals surface area contributed by atoms with Gasteiger partial charge in [0.25, 0.3) is 0 Å². The van der Waals surface area contributed by atoms with Crippen LogP contribution in [-0.4, -0.2) is 26.3 Å². The highest BCUT2D eigenvalue weighted by Gasteiger charge is 2.46. The Hall–Kier alpha value is -0.810. The Morgan fingerprint density at radius 1 is 1.20 bits per heavy atom. The molecule has 2 heterocycles. The molecule has 2 aliphatic heterocycles. The Kier molecular flexibility index (Phi) is 3.67. The number of alkyl halides is 1. The van der Waals surface area contributed by atoms with E-state index in [0.717, 1.165) is 12.8 Å². The highest BCUT2D eigenvalue weighted by Crippen LogP contribution is 2.50. The van der Waals surface area contributed by atoms with E-state index in [1.54, 1.807) is 26.4 Å². The fraction of sp³-hybridized carbons (Fsp3) is 0.600.